The molecule has 3 heterocycles. The van der Waals surface area contributed by atoms with Crippen LogP contribution in [0.2, 0.25) is 0 Å². The number of carbonyl (C=O) groups excluding carboxylic acids is 1. The molecule has 0 radical (unpaired) electrons. The number of aliphatic hydroxyl groups excluding tert-OH is 7. The van der Waals surface area contributed by atoms with Crippen LogP contribution >= 0.6 is 0 Å². The second-order valence-corrected chi connectivity index (χ2v) is 7.28. The molecule has 0 amide bonds. The Kier molecular flexibility index (Phi) is 8.12. The number of aldehydes is 1. The molecule has 10 atom stereocenters. The Morgan fingerprint density at radius 3 is 1.97 bits per heavy atom. The van der Waals surface area contributed by atoms with E-state index in [1.54, 1.807) is 0 Å². The van der Waals surface area contributed by atoms with Gasteiger partial charge in [0.25, 0.3) is 0 Å². The van der Waals surface area contributed by atoms with Crippen LogP contribution in [0, 0.1) is 0 Å². The zero-order valence-corrected chi connectivity index (χ0v) is 16.2. The average molecular weight is 450 g/mol. The molecule has 0 bridgehead atoms. The lowest BCUT2D eigenvalue weighted by Crippen LogP contribution is -2.61. The number of hydrogen-bond donors (Lipinski definition) is 7. The van der Waals surface area contributed by atoms with Gasteiger partial charge in [0.1, 0.15) is 61.2 Å². The molecule has 0 aliphatic carbocycles. The largest absolute Gasteiger partial charge is 0.456 e. The zero-order valence-electron chi connectivity index (χ0n) is 16.2. The number of carbonyl (C=O) groups is 1. The van der Waals surface area contributed by atoms with Crippen LogP contribution in [0.25, 0.3) is 0 Å². The predicted octanol–water partition coefficient (Wildman–Crippen LogP) is -3.77. The smallest absolute Gasteiger partial charge is 0.187 e. The molecule has 2 aliphatic rings. The van der Waals surface area contributed by atoms with E-state index >= 15 is 0 Å². The third-order valence-electron chi connectivity index (χ3n) is 5.13. The van der Waals surface area contributed by atoms with Gasteiger partial charge in [-0.25, -0.2) is 0 Å². The summed E-state index contributed by atoms with van der Waals surface area (Å²) >= 11 is 0. The van der Waals surface area contributed by atoms with Crippen LogP contribution in [0.3, 0.4) is 0 Å². The van der Waals surface area contributed by atoms with Crippen LogP contribution in [0.5, 0.6) is 0 Å². The molecular formula is C18H26O13. The van der Waals surface area contributed by atoms with Crippen molar-refractivity contribution in [1.29, 1.82) is 0 Å². The molecule has 176 valence electrons. The Labute approximate surface area is 175 Å². The third kappa shape index (κ3) is 5.30. The number of aliphatic hydroxyl groups is 7. The number of furan rings is 1. The maximum atomic E-state index is 10.7. The van der Waals surface area contributed by atoms with E-state index in [0.717, 1.165) is 0 Å². The van der Waals surface area contributed by atoms with Gasteiger partial charge >= 0.3 is 0 Å². The summed E-state index contributed by atoms with van der Waals surface area (Å²) in [4.78, 5) is 10.7. The average Bonchev–Trinajstić information content (AvgIpc) is 3.24. The first-order chi connectivity index (χ1) is 14.8. The minimum atomic E-state index is -1.66. The maximum absolute atomic E-state index is 10.7. The lowest BCUT2D eigenvalue weighted by Gasteiger charge is -2.42. The van der Waals surface area contributed by atoms with Crippen LogP contribution in [0.15, 0.2) is 16.5 Å². The first kappa shape index (κ1) is 24.2. The normalized spacial score (nSPS) is 41.3. The van der Waals surface area contributed by atoms with Crippen molar-refractivity contribution in [3.63, 3.8) is 0 Å². The van der Waals surface area contributed by atoms with Gasteiger partial charge in [0.15, 0.2) is 24.6 Å². The molecule has 1 aromatic rings. The highest BCUT2D eigenvalue weighted by Crippen LogP contribution is 2.26. The molecule has 0 spiro atoms. The van der Waals surface area contributed by atoms with E-state index in [0.29, 0.717) is 6.29 Å². The van der Waals surface area contributed by atoms with Crippen molar-refractivity contribution < 1.29 is 63.9 Å². The van der Waals surface area contributed by atoms with Crippen molar-refractivity contribution >= 4 is 6.29 Å². The summed E-state index contributed by atoms with van der Waals surface area (Å²) in [6.45, 7) is -1.32. The maximum Gasteiger partial charge on any atom is 0.187 e. The minimum absolute atomic E-state index is 0.0740. The fourth-order valence-corrected chi connectivity index (χ4v) is 3.29. The SMILES string of the molecule is O=Cc1ccc(CO[C@H]2O[C@H](CO[C@H]3O[C@H](CO)[C@@H](O)[C@H](O)[C@H]3O)[C@@H](O)[C@H](O)[C@H]2O)o1. The summed E-state index contributed by atoms with van der Waals surface area (Å²) in [7, 11) is 0. The molecule has 13 heteroatoms. The minimum Gasteiger partial charge on any atom is -0.456 e. The number of hydrogen-bond acceptors (Lipinski definition) is 13. The van der Waals surface area contributed by atoms with Crippen molar-refractivity contribution in [3.8, 4) is 0 Å². The lowest BCUT2D eigenvalue weighted by molar-refractivity contribution is -0.332. The summed E-state index contributed by atoms with van der Waals surface area (Å²) < 4.78 is 26.5. The van der Waals surface area contributed by atoms with Crippen LogP contribution in [0.4, 0.5) is 0 Å². The molecular weight excluding hydrogens is 424 g/mol. The fraction of sp³-hybridized carbons (Fsp3) is 0.722. The second-order valence-electron chi connectivity index (χ2n) is 7.28. The summed E-state index contributed by atoms with van der Waals surface area (Å²) in [6, 6.07) is 2.89. The molecule has 3 rings (SSSR count). The van der Waals surface area contributed by atoms with Gasteiger partial charge in [0.05, 0.1) is 13.2 Å². The van der Waals surface area contributed by atoms with Gasteiger partial charge in [0.2, 0.25) is 0 Å². The first-order valence-electron chi connectivity index (χ1n) is 9.54. The fourth-order valence-electron chi connectivity index (χ4n) is 3.29. The molecule has 13 nitrogen and oxygen atoms in total. The van der Waals surface area contributed by atoms with Crippen LogP contribution in [-0.2, 0) is 25.6 Å². The van der Waals surface area contributed by atoms with Crippen molar-refractivity contribution in [1.82, 2.24) is 0 Å². The number of ether oxygens (including phenoxy) is 4. The molecule has 2 saturated heterocycles. The quantitative estimate of drug-likeness (QED) is 0.190. The summed E-state index contributed by atoms with van der Waals surface area (Å²) in [5, 5.41) is 69.2. The Balaban J connectivity index is 1.58. The van der Waals surface area contributed by atoms with Crippen molar-refractivity contribution in [2.24, 2.45) is 0 Å². The number of rotatable bonds is 8. The van der Waals surface area contributed by atoms with Crippen molar-refractivity contribution in [3.05, 3.63) is 23.7 Å². The molecule has 2 aliphatic heterocycles. The van der Waals surface area contributed by atoms with Gasteiger partial charge in [-0.15, -0.1) is 0 Å². The van der Waals surface area contributed by atoms with Gasteiger partial charge in [-0.05, 0) is 12.1 Å². The summed E-state index contributed by atoms with van der Waals surface area (Å²) in [6.07, 6.45) is -14.5. The van der Waals surface area contributed by atoms with Crippen LogP contribution in [-0.4, -0.2) is 117 Å². The van der Waals surface area contributed by atoms with E-state index in [1.165, 1.54) is 12.1 Å². The standard InChI is InChI=1S/C18H26O13/c19-3-7-1-2-8(29-7)5-27-17-16(26)14(24)12(22)10(31-17)6-28-18-15(25)13(23)11(21)9(4-20)30-18/h1-3,9-18,20-26H,4-6H2/t9-,10-,11-,12-,13+,14+,15-,16-,17+,18+/m1/s1. The highest BCUT2D eigenvalue weighted by Gasteiger charge is 2.47. The zero-order chi connectivity index (χ0) is 22.7. The van der Waals surface area contributed by atoms with Crippen LogP contribution in [0.1, 0.15) is 16.3 Å². The third-order valence-corrected chi connectivity index (χ3v) is 5.13. The van der Waals surface area contributed by atoms with E-state index in [1.807, 2.05) is 0 Å². The highest BCUT2D eigenvalue weighted by molar-refractivity contribution is 5.70. The molecule has 0 unspecified atom stereocenters. The van der Waals surface area contributed by atoms with E-state index < -0.39 is 74.6 Å². The lowest BCUT2D eigenvalue weighted by atomic mass is 9.98. The highest BCUT2D eigenvalue weighted by atomic mass is 16.7. The summed E-state index contributed by atoms with van der Waals surface area (Å²) in [5.41, 5.74) is 0. The molecule has 7 N–H and O–H groups in total. The van der Waals surface area contributed by atoms with Gasteiger partial charge in [-0.3, -0.25) is 4.79 Å². The predicted molar refractivity (Wildman–Crippen MR) is 95.3 cm³/mol. The van der Waals surface area contributed by atoms with Gasteiger partial charge in [-0.2, -0.15) is 0 Å². The van der Waals surface area contributed by atoms with E-state index in [9.17, 15) is 40.5 Å². The topological polar surface area (TPSA) is 209 Å². The molecule has 31 heavy (non-hydrogen) atoms. The Morgan fingerprint density at radius 1 is 0.806 bits per heavy atom. The van der Waals surface area contributed by atoms with Crippen LogP contribution < -0.4 is 0 Å². The van der Waals surface area contributed by atoms with E-state index in [2.05, 4.69) is 0 Å². The summed E-state index contributed by atoms with van der Waals surface area (Å²) in [5.74, 6) is 0.331. The van der Waals surface area contributed by atoms with E-state index in [4.69, 9.17) is 23.4 Å². The van der Waals surface area contributed by atoms with Gasteiger partial charge < -0.3 is 59.1 Å². The van der Waals surface area contributed by atoms with Gasteiger partial charge in [0, 0.05) is 0 Å². The Hall–Kier alpha value is -1.49. The van der Waals surface area contributed by atoms with Gasteiger partial charge in [-0.1, -0.05) is 0 Å². The van der Waals surface area contributed by atoms with E-state index in [-0.39, 0.29) is 18.1 Å². The van der Waals surface area contributed by atoms with Crippen molar-refractivity contribution in [2.75, 3.05) is 13.2 Å². The van der Waals surface area contributed by atoms with Crippen molar-refractivity contribution in [2.45, 2.75) is 68.0 Å². The second kappa shape index (κ2) is 10.4. The molecule has 0 aromatic carbocycles. The Morgan fingerprint density at radius 2 is 1.39 bits per heavy atom. The first-order valence-corrected chi connectivity index (χ1v) is 9.54. The molecule has 1 aromatic heterocycles. The Bertz CT molecular complexity index is 708. The molecule has 0 saturated carbocycles. The molecule has 2 fully saturated rings. The monoisotopic (exact) mass is 450 g/mol.